The van der Waals surface area contributed by atoms with E-state index in [1.165, 1.54) is 44.9 Å². The molecule has 0 aromatic heterocycles. The zero-order valence-corrected chi connectivity index (χ0v) is 20.0. The van der Waals surface area contributed by atoms with Gasteiger partial charge in [0.05, 0.1) is 0 Å². The molecular formula is C17H36CuLi2NSn. The van der Waals surface area contributed by atoms with Crippen LogP contribution >= 0.6 is 0 Å². The summed E-state index contributed by atoms with van der Waals surface area (Å²) >= 11 is -0.839. The van der Waals surface area contributed by atoms with E-state index in [9.17, 15) is 0 Å². The van der Waals surface area contributed by atoms with Crippen LogP contribution in [-0.2, 0) is 17.1 Å². The maximum Gasteiger partial charge on any atom is 1.00 e. The van der Waals surface area contributed by atoms with Crippen molar-refractivity contribution in [3.63, 3.8) is 0 Å². The van der Waals surface area contributed by atoms with Gasteiger partial charge in [-0.25, -0.2) is 0 Å². The minimum Gasteiger partial charge on any atom is -0.512 e. The van der Waals surface area contributed by atoms with E-state index in [1.807, 2.05) is 0 Å². The Hall–Kier alpha value is 2.00. The molecule has 126 valence electrons. The molecule has 0 N–H and O–H groups in total. The van der Waals surface area contributed by atoms with Crippen LogP contribution in [0.4, 0.5) is 0 Å². The summed E-state index contributed by atoms with van der Waals surface area (Å²) in [4.78, 5) is 0. The Labute approximate surface area is 184 Å². The number of hydrogen-bond acceptors (Lipinski definition) is 1. The summed E-state index contributed by atoms with van der Waals surface area (Å²) < 4.78 is 5.04. The summed E-state index contributed by atoms with van der Waals surface area (Å²) in [6.07, 6.45) is 11.1. The molecule has 0 atom stereocenters. The minimum absolute atomic E-state index is 0. The van der Waals surface area contributed by atoms with Crippen molar-refractivity contribution in [1.82, 2.24) is 0 Å². The van der Waals surface area contributed by atoms with Crippen LogP contribution < -0.4 is 37.7 Å². The summed E-state index contributed by atoms with van der Waals surface area (Å²) in [5, 5.41) is 6.25. The SMILES string of the molecule is CCC[CH2][Sn]([CH2]CCC)[CH2]CCC.[C-]#N.[CH2-]CCC.[Cu].[Li+].[Li+]. The van der Waals surface area contributed by atoms with Gasteiger partial charge < -0.3 is 18.8 Å². The third-order valence-electron chi connectivity index (χ3n) is 3.01. The van der Waals surface area contributed by atoms with Crippen LogP contribution in [0.5, 0.6) is 0 Å². The van der Waals surface area contributed by atoms with Gasteiger partial charge in [-0.05, 0) is 0 Å². The topological polar surface area (TPSA) is 23.8 Å². The van der Waals surface area contributed by atoms with E-state index in [1.54, 1.807) is 13.3 Å². The molecule has 0 amide bonds. The van der Waals surface area contributed by atoms with Gasteiger partial charge in [-0.2, -0.15) is 6.42 Å². The van der Waals surface area contributed by atoms with Crippen molar-refractivity contribution >= 4 is 19.8 Å². The minimum atomic E-state index is -0.839. The molecule has 0 aliphatic rings. The monoisotopic (exact) mass is 451 g/mol. The molecule has 0 heterocycles. The fourth-order valence-corrected chi connectivity index (χ4v) is 11.1. The number of rotatable bonds is 10. The van der Waals surface area contributed by atoms with Gasteiger partial charge in [-0.15, -0.1) is 0 Å². The van der Waals surface area contributed by atoms with Crippen LogP contribution in [0, 0.1) is 18.8 Å². The first kappa shape index (κ1) is 39.2. The fourth-order valence-electron chi connectivity index (χ4n) is 1.66. The van der Waals surface area contributed by atoms with Gasteiger partial charge in [-0.3, -0.25) is 0 Å². The molecule has 22 heavy (non-hydrogen) atoms. The molecule has 0 saturated heterocycles. The summed E-state index contributed by atoms with van der Waals surface area (Å²) in [6.45, 7) is 17.5. The van der Waals surface area contributed by atoms with Crippen molar-refractivity contribution < 1.29 is 54.8 Å². The second-order valence-corrected chi connectivity index (χ2v) is 13.5. The predicted molar refractivity (Wildman–Crippen MR) is 90.1 cm³/mol. The van der Waals surface area contributed by atoms with Gasteiger partial charge in [0.2, 0.25) is 0 Å². The second-order valence-electron chi connectivity index (χ2n) is 4.91. The summed E-state index contributed by atoms with van der Waals surface area (Å²) in [5.41, 5.74) is 0. The first-order valence-electron chi connectivity index (χ1n) is 8.11. The summed E-state index contributed by atoms with van der Waals surface area (Å²) in [6, 6.07) is 0. The molecule has 0 aliphatic heterocycles. The average molecular weight is 451 g/mol. The van der Waals surface area contributed by atoms with E-state index in [-0.39, 0.29) is 54.8 Å². The molecule has 1 nitrogen and oxygen atoms in total. The van der Waals surface area contributed by atoms with Crippen molar-refractivity contribution in [2.45, 2.75) is 92.4 Å². The normalized spacial score (nSPS) is 8.00. The predicted octanol–water partition coefficient (Wildman–Crippen LogP) is 0.604. The van der Waals surface area contributed by atoms with Gasteiger partial charge in [0.1, 0.15) is 0 Å². The molecule has 0 fully saturated rings. The number of unbranched alkanes of at least 4 members (excludes halogenated alkanes) is 4. The van der Waals surface area contributed by atoms with Crippen LogP contribution in [0.2, 0.25) is 13.3 Å². The molecule has 0 rings (SSSR count). The molecular weight excluding hydrogens is 414 g/mol. The van der Waals surface area contributed by atoms with Crippen LogP contribution in [0.15, 0.2) is 0 Å². The Kier molecular flexibility index (Phi) is 77.5. The first-order valence-corrected chi connectivity index (χ1v) is 14.2. The molecule has 0 saturated carbocycles. The van der Waals surface area contributed by atoms with Gasteiger partial charge in [0, 0.05) is 17.1 Å². The molecule has 0 bridgehead atoms. The standard InChI is InChI=1S/4C4H9.CN.Cu.2Li.Sn/c4*1-3-4-2;1-2;;;;/h4*1,3-4H2,2H3;;;;;/q;;;2*-1;;2*+1;. The van der Waals surface area contributed by atoms with E-state index >= 15 is 0 Å². The van der Waals surface area contributed by atoms with Gasteiger partial charge in [0.25, 0.3) is 0 Å². The third kappa shape index (κ3) is 43.1. The van der Waals surface area contributed by atoms with Crippen molar-refractivity contribution in [1.29, 1.82) is 5.26 Å². The average Bonchev–Trinajstić information content (AvgIpc) is 2.48. The quantitative estimate of drug-likeness (QED) is 0.353. The molecule has 0 aromatic carbocycles. The Morgan fingerprint density at radius 1 is 0.727 bits per heavy atom. The van der Waals surface area contributed by atoms with E-state index in [0.717, 1.165) is 6.42 Å². The van der Waals surface area contributed by atoms with Crippen LogP contribution in [0.3, 0.4) is 0 Å². The molecule has 0 aliphatic carbocycles. The van der Waals surface area contributed by atoms with Crippen molar-refractivity contribution in [2.75, 3.05) is 0 Å². The summed E-state index contributed by atoms with van der Waals surface area (Å²) in [5.74, 6) is 0. The van der Waals surface area contributed by atoms with Crippen LogP contribution in [0.1, 0.15) is 79.1 Å². The largest absolute Gasteiger partial charge is 1.00 e. The van der Waals surface area contributed by atoms with Crippen LogP contribution in [-0.4, -0.2) is 19.8 Å². The zero-order valence-electron chi connectivity index (χ0n) is 16.2. The van der Waals surface area contributed by atoms with Crippen LogP contribution in [0.25, 0.3) is 0 Å². The fraction of sp³-hybridized carbons (Fsp3) is 0.882. The first-order chi connectivity index (χ1) is 9.26. The number of nitrogens with zero attached hydrogens (tertiary/aromatic N) is 1. The van der Waals surface area contributed by atoms with E-state index < -0.39 is 19.8 Å². The van der Waals surface area contributed by atoms with Gasteiger partial charge >= 0.3 is 130 Å². The van der Waals surface area contributed by atoms with Crippen molar-refractivity contribution in [2.24, 2.45) is 0 Å². The Morgan fingerprint density at radius 2 is 0.955 bits per heavy atom. The Morgan fingerprint density at radius 3 is 1.09 bits per heavy atom. The molecule has 0 unspecified atom stereocenters. The third-order valence-corrected chi connectivity index (χ3v) is 12.1. The zero-order chi connectivity index (χ0) is 15.4. The van der Waals surface area contributed by atoms with E-state index in [4.69, 9.17) is 11.8 Å². The second kappa shape index (κ2) is 43.5. The van der Waals surface area contributed by atoms with Gasteiger partial charge in [0.15, 0.2) is 0 Å². The smallest absolute Gasteiger partial charge is 0.512 e. The van der Waals surface area contributed by atoms with Crippen molar-refractivity contribution in [3.8, 4) is 0 Å². The van der Waals surface area contributed by atoms with Gasteiger partial charge in [-0.1, -0.05) is 13.3 Å². The van der Waals surface area contributed by atoms with Crippen molar-refractivity contribution in [3.05, 3.63) is 13.5 Å². The summed E-state index contributed by atoms with van der Waals surface area (Å²) in [7, 11) is 0. The maximum atomic E-state index is 6.25. The number of hydrogen-bond donors (Lipinski definition) is 0. The molecule has 2 radical (unpaired) electrons. The van der Waals surface area contributed by atoms with E-state index in [0.29, 0.717) is 0 Å². The molecule has 0 aromatic rings. The Balaban J connectivity index is -0.0000000620. The van der Waals surface area contributed by atoms with E-state index in [2.05, 4.69) is 34.6 Å². The molecule has 5 heteroatoms. The Bertz CT molecular complexity index is 140. The maximum absolute atomic E-state index is 6.25. The molecule has 0 spiro atoms.